The van der Waals surface area contributed by atoms with Gasteiger partial charge in [0.1, 0.15) is 0 Å². The van der Waals surface area contributed by atoms with Crippen LogP contribution in [0.1, 0.15) is 18.9 Å². The average Bonchev–Trinajstić information content (AvgIpc) is 2.45. The number of Topliss-reactive ketones (excluding diaryl/α,β-unsaturated/α-hetero) is 1. The molecule has 0 aliphatic heterocycles. The Morgan fingerprint density at radius 2 is 1.95 bits per heavy atom. The minimum absolute atomic E-state index is 0.0485. The maximum absolute atomic E-state index is 12.0. The van der Waals surface area contributed by atoms with Crippen LogP contribution in [-0.4, -0.2) is 43.3 Å². The van der Waals surface area contributed by atoms with Crippen LogP contribution in [0.5, 0.6) is 0 Å². The fourth-order valence-corrected chi connectivity index (χ4v) is 2.20. The normalized spacial score (nSPS) is 11.2. The van der Waals surface area contributed by atoms with E-state index >= 15 is 0 Å². The van der Waals surface area contributed by atoms with Gasteiger partial charge in [0.15, 0.2) is 5.78 Å². The van der Waals surface area contributed by atoms with Crippen molar-refractivity contribution in [3.05, 3.63) is 45.6 Å². The molecule has 0 saturated heterocycles. The molecule has 0 heterocycles. The molecule has 0 N–H and O–H groups in total. The van der Waals surface area contributed by atoms with Gasteiger partial charge in [-0.2, -0.15) is 0 Å². The van der Waals surface area contributed by atoms with E-state index < -0.39 is 4.92 Å². The molecule has 0 fully saturated rings. The number of rotatable bonds is 7. The van der Waals surface area contributed by atoms with Gasteiger partial charge in [0, 0.05) is 63.7 Å². The number of likely N-dealkylation sites (N-methyl/N-ethyl adjacent to an activating group) is 1. The molecule has 0 radical (unpaired) electrons. The summed E-state index contributed by atoms with van der Waals surface area (Å²) >= 11 is 0. The summed E-state index contributed by atoms with van der Waals surface area (Å²) in [6.07, 6.45) is 2.23. The van der Waals surface area contributed by atoms with E-state index in [2.05, 4.69) is 0 Å². The van der Waals surface area contributed by atoms with E-state index in [1.54, 1.807) is 18.3 Å². The topological polar surface area (TPSA) is 66.7 Å². The van der Waals surface area contributed by atoms with Crippen LogP contribution in [0, 0.1) is 17.0 Å². The quantitative estimate of drug-likeness (QED) is 0.440. The highest BCUT2D eigenvalue weighted by Crippen LogP contribution is 2.25. The maximum atomic E-state index is 12.0. The summed E-state index contributed by atoms with van der Waals surface area (Å²) in [7, 11) is 5.56. The molecule has 22 heavy (non-hydrogen) atoms. The van der Waals surface area contributed by atoms with Crippen molar-refractivity contribution in [2.45, 2.75) is 20.3 Å². The van der Waals surface area contributed by atoms with Crippen molar-refractivity contribution in [1.29, 1.82) is 0 Å². The van der Waals surface area contributed by atoms with Crippen LogP contribution in [0.2, 0.25) is 0 Å². The number of hydrogen-bond acceptors (Lipinski definition) is 5. The summed E-state index contributed by atoms with van der Waals surface area (Å²) < 4.78 is 0. The Morgan fingerprint density at radius 3 is 2.45 bits per heavy atom. The third-order valence-electron chi connectivity index (χ3n) is 3.32. The third-order valence-corrected chi connectivity index (χ3v) is 3.32. The predicted molar refractivity (Wildman–Crippen MR) is 88.2 cm³/mol. The van der Waals surface area contributed by atoms with Crippen LogP contribution in [-0.2, 0) is 4.79 Å². The van der Waals surface area contributed by atoms with Crippen LogP contribution in [0.25, 0.3) is 0 Å². The Bertz CT molecular complexity index is 594. The van der Waals surface area contributed by atoms with Crippen molar-refractivity contribution < 1.29 is 9.72 Å². The Morgan fingerprint density at radius 1 is 1.32 bits per heavy atom. The fraction of sp³-hybridized carbons (Fsp3) is 0.438. The minimum Gasteiger partial charge on any atom is -0.383 e. The SMILES string of the molecule is CCC(=O)/C(=C\N(C)C)CN(C)c1cc([N+](=O)[O-])ccc1C. The number of hydrogen-bond donors (Lipinski definition) is 0. The molecule has 0 aliphatic rings. The molecule has 6 heteroatoms. The Kier molecular flexibility index (Phi) is 6.10. The van der Waals surface area contributed by atoms with Crippen LogP contribution in [0.4, 0.5) is 11.4 Å². The molecule has 120 valence electrons. The van der Waals surface area contributed by atoms with Crippen molar-refractivity contribution in [3.63, 3.8) is 0 Å². The molecule has 0 bridgehead atoms. The standard InChI is InChI=1S/C16H23N3O3/c1-6-16(20)13(10-17(3)4)11-18(5)15-9-14(19(21)22)8-7-12(15)2/h7-10H,6,11H2,1-5H3/b13-10-. The summed E-state index contributed by atoms with van der Waals surface area (Å²) in [6.45, 7) is 4.13. The summed E-state index contributed by atoms with van der Waals surface area (Å²) in [6, 6.07) is 4.75. The van der Waals surface area contributed by atoms with E-state index in [0.29, 0.717) is 18.5 Å². The van der Waals surface area contributed by atoms with Crippen LogP contribution in [0.15, 0.2) is 30.0 Å². The lowest BCUT2D eigenvalue weighted by atomic mass is 10.1. The highest BCUT2D eigenvalue weighted by molar-refractivity contribution is 5.96. The van der Waals surface area contributed by atoms with E-state index in [9.17, 15) is 14.9 Å². The lowest BCUT2D eigenvalue weighted by molar-refractivity contribution is -0.384. The summed E-state index contributed by atoms with van der Waals surface area (Å²) in [5.41, 5.74) is 2.41. The molecule has 0 aliphatic carbocycles. The number of anilines is 1. The number of nitro groups is 1. The number of nitro benzene ring substituents is 1. The third kappa shape index (κ3) is 4.58. The fourth-order valence-electron chi connectivity index (χ4n) is 2.20. The van der Waals surface area contributed by atoms with Crippen molar-refractivity contribution in [2.24, 2.45) is 0 Å². The Hall–Kier alpha value is -2.37. The molecular weight excluding hydrogens is 282 g/mol. The molecular formula is C16H23N3O3. The number of ketones is 1. The number of carbonyl (C=O) groups is 1. The van der Waals surface area contributed by atoms with Crippen LogP contribution in [0.3, 0.4) is 0 Å². The Labute approximate surface area is 131 Å². The van der Waals surface area contributed by atoms with E-state index in [-0.39, 0.29) is 11.5 Å². The van der Waals surface area contributed by atoms with E-state index in [0.717, 1.165) is 11.3 Å². The second kappa shape index (κ2) is 7.59. The van der Waals surface area contributed by atoms with Gasteiger partial charge in [-0.05, 0) is 12.5 Å². The van der Waals surface area contributed by atoms with Gasteiger partial charge in [0.05, 0.1) is 4.92 Å². The minimum atomic E-state index is -0.412. The first-order chi connectivity index (χ1) is 10.3. The molecule has 1 aromatic carbocycles. The average molecular weight is 305 g/mol. The lowest BCUT2D eigenvalue weighted by Gasteiger charge is -2.23. The zero-order valence-electron chi connectivity index (χ0n) is 13.8. The van der Waals surface area contributed by atoms with Gasteiger partial charge < -0.3 is 9.80 Å². The molecule has 1 aromatic rings. The van der Waals surface area contributed by atoms with Gasteiger partial charge in [0.2, 0.25) is 0 Å². The first-order valence-corrected chi connectivity index (χ1v) is 7.12. The van der Waals surface area contributed by atoms with Crippen molar-refractivity contribution in [2.75, 3.05) is 32.6 Å². The molecule has 0 unspecified atom stereocenters. The highest BCUT2D eigenvalue weighted by Gasteiger charge is 2.15. The molecule has 1 rings (SSSR count). The maximum Gasteiger partial charge on any atom is 0.271 e. The number of nitrogens with zero attached hydrogens (tertiary/aromatic N) is 3. The van der Waals surface area contributed by atoms with Crippen molar-refractivity contribution in [1.82, 2.24) is 4.90 Å². The summed E-state index contributed by atoms with van der Waals surface area (Å²) in [5.74, 6) is 0.0728. The van der Waals surface area contributed by atoms with Gasteiger partial charge in [-0.3, -0.25) is 14.9 Å². The molecule has 0 aromatic heterocycles. The van der Waals surface area contributed by atoms with Crippen LogP contribution < -0.4 is 4.90 Å². The van der Waals surface area contributed by atoms with Gasteiger partial charge in [-0.15, -0.1) is 0 Å². The zero-order valence-corrected chi connectivity index (χ0v) is 13.8. The number of carbonyl (C=O) groups excluding carboxylic acids is 1. The van der Waals surface area contributed by atoms with Gasteiger partial charge >= 0.3 is 0 Å². The molecule has 6 nitrogen and oxygen atoms in total. The van der Waals surface area contributed by atoms with Crippen molar-refractivity contribution >= 4 is 17.2 Å². The smallest absolute Gasteiger partial charge is 0.271 e. The highest BCUT2D eigenvalue weighted by atomic mass is 16.6. The van der Waals surface area contributed by atoms with Crippen molar-refractivity contribution in [3.8, 4) is 0 Å². The predicted octanol–water partition coefficient (Wildman–Crippen LogP) is 2.76. The van der Waals surface area contributed by atoms with Crippen LogP contribution >= 0.6 is 0 Å². The number of aryl methyl sites for hydroxylation is 1. The monoisotopic (exact) mass is 305 g/mol. The molecule has 0 saturated carbocycles. The largest absolute Gasteiger partial charge is 0.383 e. The van der Waals surface area contributed by atoms with E-state index in [4.69, 9.17) is 0 Å². The second-order valence-electron chi connectivity index (χ2n) is 5.48. The molecule has 0 spiro atoms. The number of benzene rings is 1. The number of non-ortho nitro benzene ring substituents is 1. The molecule has 0 atom stereocenters. The summed E-state index contributed by atoms with van der Waals surface area (Å²) in [4.78, 5) is 26.3. The van der Waals surface area contributed by atoms with Gasteiger partial charge in [-0.1, -0.05) is 13.0 Å². The second-order valence-corrected chi connectivity index (χ2v) is 5.48. The molecule has 0 amide bonds. The summed E-state index contributed by atoms with van der Waals surface area (Å²) in [5, 5.41) is 10.9. The van der Waals surface area contributed by atoms with Gasteiger partial charge in [-0.25, -0.2) is 0 Å². The zero-order chi connectivity index (χ0) is 16.9. The Balaban J connectivity index is 3.09. The first kappa shape index (κ1) is 17.7. The first-order valence-electron chi connectivity index (χ1n) is 7.12. The van der Waals surface area contributed by atoms with Gasteiger partial charge in [0.25, 0.3) is 5.69 Å². The van der Waals surface area contributed by atoms with E-state index in [1.807, 2.05) is 44.8 Å². The van der Waals surface area contributed by atoms with E-state index in [1.165, 1.54) is 6.07 Å². The lowest BCUT2D eigenvalue weighted by Crippen LogP contribution is -2.25.